The van der Waals surface area contributed by atoms with Crippen molar-refractivity contribution in [1.29, 1.82) is 0 Å². The molecule has 1 rings (SSSR count). The van der Waals surface area contributed by atoms with Gasteiger partial charge >= 0.3 is 0 Å². The molecule has 0 saturated carbocycles. The van der Waals surface area contributed by atoms with Gasteiger partial charge in [0.25, 0.3) is 0 Å². The third-order valence-electron chi connectivity index (χ3n) is 2.17. The van der Waals surface area contributed by atoms with Crippen LogP contribution in [0.4, 0.5) is 0 Å². The molecular formula is C12H16NO2S-. The van der Waals surface area contributed by atoms with E-state index in [1.54, 1.807) is 0 Å². The van der Waals surface area contributed by atoms with Crippen molar-refractivity contribution in [1.82, 2.24) is 5.32 Å². The molecule has 0 saturated heterocycles. The number of hydrogen-bond donors (Lipinski definition) is 1. The molecule has 0 radical (unpaired) electrons. The van der Waals surface area contributed by atoms with Gasteiger partial charge in [0.05, 0.1) is 6.61 Å². The highest BCUT2D eigenvalue weighted by molar-refractivity contribution is 7.59. The molecule has 0 fully saturated rings. The number of ether oxygens (including phenoxy) is 1. The Hall–Kier alpha value is -1.16. The van der Waals surface area contributed by atoms with Crippen LogP contribution in [0.2, 0.25) is 0 Å². The first-order valence-electron chi connectivity index (χ1n) is 5.24. The molecule has 1 aromatic rings. The number of amides is 1. The molecule has 1 aromatic carbocycles. The van der Waals surface area contributed by atoms with Gasteiger partial charge in [-0.05, 0) is 31.0 Å². The molecule has 0 unspecified atom stereocenters. The van der Waals surface area contributed by atoms with E-state index in [0.29, 0.717) is 13.2 Å². The van der Waals surface area contributed by atoms with Crippen LogP contribution in [0.15, 0.2) is 18.2 Å². The predicted molar refractivity (Wildman–Crippen MR) is 66.4 cm³/mol. The normalized spacial score (nSPS) is 9.94. The summed E-state index contributed by atoms with van der Waals surface area (Å²) in [4.78, 5) is 11.0. The molecule has 16 heavy (non-hydrogen) atoms. The Morgan fingerprint density at radius 1 is 1.50 bits per heavy atom. The van der Waals surface area contributed by atoms with Gasteiger partial charge in [0, 0.05) is 6.54 Å². The van der Waals surface area contributed by atoms with E-state index in [1.807, 2.05) is 32.0 Å². The van der Waals surface area contributed by atoms with Gasteiger partial charge in [-0.15, -0.1) is 0 Å². The first kappa shape index (κ1) is 12.9. The summed E-state index contributed by atoms with van der Waals surface area (Å²) in [6.07, 6.45) is 0. The van der Waals surface area contributed by atoms with Gasteiger partial charge in [-0.25, -0.2) is 0 Å². The van der Waals surface area contributed by atoms with Crippen molar-refractivity contribution in [3.8, 4) is 5.75 Å². The van der Waals surface area contributed by atoms with Crippen LogP contribution in [0.5, 0.6) is 5.75 Å². The summed E-state index contributed by atoms with van der Waals surface area (Å²) in [7, 11) is 0. The predicted octanol–water partition coefficient (Wildman–Crippen LogP) is 1.56. The molecule has 3 nitrogen and oxygen atoms in total. The van der Waals surface area contributed by atoms with Crippen LogP contribution in [0.1, 0.15) is 18.1 Å². The summed E-state index contributed by atoms with van der Waals surface area (Å²) in [6, 6.07) is 5.91. The summed E-state index contributed by atoms with van der Waals surface area (Å²) in [6.45, 7) is 5.08. The van der Waals surface area contributed by atoms with Crippen LogP contribution in [0.25, 0.3) is 0 Å². The number of hydrogen-bond acceptors (Lipinski definition) is 3. The second-order valence-electron chi connectivity index (χ2n) is 3.45. The molecule has 0 aromatic heterocycles. The van der Waals surface area contributed by atoms with Crippen molar-refractivity contribution in [2.24, 2.45) is 0 Å². The molecular weight excluding hydrogens is 222 g/mol. The molecule has 0 aliphatic heterocycles. The molecule has 4 heteroatoms. The van der Waals surface area contributed by atoms with Gasteiger partial charge in [0.15, 0.2) is 5.91 Å². The van der Waals surface area contributed by atoms with E-state index in [2.05, 4.69) is 17.9 Å². The zero-order valence-corrected chi connectivity index (χ0v) is 10.4. The zero-order valence-electron chi connectivity index (χ0n) is 9.58. The zero-order chi connectivity index (χ0) is 12.0. The lowest BCUT2D eigenvalue weighted by atomic mass is 10.1. The third-order valence-corrected chi connectivity index (χ3v) is 2.44. The second kappa shape index (κ2) is 6.43. The van der Waals surface area contributed by atoms with Crippen molar-refractivity contribution >= 4 is 18.5 Å². The molecule has 0 aliphatic rings. The standard InChI is InChI=1S/C12H17NO2S/c1-3-15-11-6-10(5-4-9(11)2)7-13-12(14)8-16/h4-6,16H,3,7-8H2,1-2H3,(H,13,14)/p-1. The summed E-state index contributed by atoms with van der Waals surface area (Å²) in [5.74, 6) is 0.852. The highest BCUT2D eigenvalue weighted by Crippen LogP contribution is 2.19. The van der Waals surface area contributed by atoms with Crippen molar-refractivity contribution in [2.75, 3.05) is 12.4 Å². The highest BCUT2D eigenvalue weighted by Gasteiger charge is 2.01. The van der Waals surface area contributed by atoms with E-state index in [4.69, 9.17) is 4.74 Å². The van der Waals surface area contributed by atoms with E-state index in [9.17, 15) is 4.79 Å². The van der Waals surface area contributed by atoms with Crippen LogP contribution in [0, 0.1) is 6.92 Å². The first-order chi connectivity index (χ1) is 7.67. The number of benzene rings is 1. The van der Waals surface area contributed by atoms with Gasteiger partial charge in [-0.3, -0.25) is 4.79 Å². The van der Waals surface area contributed by atoms with Crippen LogP contribution in [0.3, 0.4) is 0 Å². The molecule has 88 valence electrons. The fourth-order valence-electron chi connectivity index (χ4n) is 1.32. The minimum atomic E-state index is -0.117. The number of nitrogens with one attached hydrogen (secondary N) is 1. The fraction of sp³-hybridized carbons (Fsp3) is 0.417. The van der Waals surface area contributed by atoms with Crippen LogP contribution >= 0.6 is 0 Å². The lowest BCUT2D eigenvalue weighted by molar-refractivity contribution is -0.118. The van der Waals surface area contributed by atoms with Crippen LogP contribution in [-0.2, 0) is 24.0 Å². The van der Waals surface area contributed by atoms with Gasteiger partial charge in [0.2, 0.25) is 0 Å². The minimum Gasteiger partial charge on any atom is -0.783 e. The average molecular weight is 238 g/mol. The Kier molecular flexibility index (Phi) is 5.19. The van der Waals surface area contributed by atoms with Gasteiger partial charge < -0.3 is 22.7 Å². The molecule has 0 heterocycles. The maximum atomic E-state index is 11.0. The van der Waals surface area contributed by atoms with E-state index in [-0.39, 0.29) is 11.7 Å². The molecule has 0 bridgehead atoms. The van der Waals surface area contributed by atoms with Crippen molar-refractivity contribution in [3.63, 3.8) is 0 Å². The highest BCUT2D eigenvalue weighted by atomic mass is 32.1. The molecule has 0 aliphatic carbocycles. The van der Waals surface area contributed by atoms with Gasteiger partial charge in [-0.2, -0.15) is 0 Å². The minimum absolute atomic E-state index is 0.101. The lowest BCUT2D eigenvalue weighted by Gasteiger charge is -2.11. The van der Waals surface area contributed by atoms with Gasteiger partial charge in [-0.1, -0.05) is 17.9 Å². The summed E-state index contributed by atoms with van der Waals surface area (Å²) in [5, 5.41) is 2.74. The maximum absolute atomic E-state index is 11.0. The smallest absolute Gasteiger partial charge is 0.196 e. The number of carbonyl (C=O) groups excluding carboxylic acids is 1. The summed E-state index contributed by atoms with van der Waals surface area (Å²) < 4.78 is 5.48. The summed E-state index contributed by atoms with van der Waals surface area (Å²) in [5.41, 5.74) is 2.12. The largest absolute Gasteiger partial charge is 0.783 e. The number of rotatable bonds is 5. The molecule has 1 N–H and O–H groups in total. The fourth-order valence-corrected chi connectivity index (χ4v) is 1.42. The lowest BCUT2D eigenvalue weighted by Crippen LogP contribution is -2.24. The average Bonchev–Trinajstić information content (AvgIpc) is 2.30. The SMILES string of the molecule is CCOc1cc(CNC(=O)C[S-])ccc1C. The monoisotopic (exact) mass is 238 g/mol. The van der Waals surface area contributed by atoms with Crippen LogP contribution < -0.4 is 10.1 Å². The van der Waals surface area contributed by atoms with Crippen molar-refractivity contribution in [2.45, 2.75) is 20.4 Å². The second-order valence-corrected chi connectivity index (χ2v) is 3.74. The molecule has 0 atom stereocenters. The number of aryl methyl sites for hydroxylation is 1. The summed E-state index contributed by atoms with van der Waals surface area (Å²) >= 11 is 4.64. The number of carbonyl (C=O) groups is 1. The van der Waals surface area contributed by atoms with Crippen molar-refractivity contribution < 1.29 is 9.53 Å². The van der Waals surface area contributed by atoms with Crippen LogP contribution in [-0.4, -0.2) is 18.3 Å². The topological polar surface area (TPSA) is 38.3 Å². The molecule has 1 amide bonds. The third kappa shape index (κ3) is 3.77. The Morgan fingerprint density at radius 3 is 2.88 bits per heavy atom. The molecule has 0 spiro atoms. The maximum Gasteiger partial charge on any atom is 0.196 e. The first-order valence-corrected chi connectivity index (χ1v) is 5.82. The Balaban J connectivity index is 2.67. The van der Waals surface area contributed by atoms with Gasteiger partial charge in [0.1, 0.15) is 5.75 Å². The Bertz CT molecular complexity index is 366. The Morgan fingerprint density at radius 2 is 2.25 bits per heavy atom. The van der Waals surface area contributed by atoms with E-state index >= 15 is 0 Å². The quantitative estimate of drug-likeness (QED) is 0.791. The van der Waals surface area contributed by atoms with Crippen molar-refractivity contribution in [3.05, 3.63) is 29.3 Å². The van der Waals surface area contributed by atoms with E-state index < -0.39 is 0 Å². The Labute approximate surface area is 102 Å². The van der Waals surface area contributed by atoms with E-state index in [0.717, 1.165) is 16.9 Å². The van der Waals surface area contributed by atoms with E-state index in [1.165, 1.54) is 0 Å².